The summed E-state index contributed by atoms with van der Waals surface area (Å²) in [6.07, 6.45) is 3.16. The molecule has 1 saturated heterocycles. The van der Waals surface area contributed by atoms with E-state index >= 15 is 0 Å². The van der Waals surface area contributed by atoms with Crippen LogP contribution in [0.3, 0.4) is 0 Å². The van der Waals surface area contributed by atoms with Gasteiger partial charge in [-0.2, -0.15) is 0 Å². The molecule has 2 N–H and O–H groups in total. The van der Waals surface area contributed by atoms with Crippen LogP contribution in [0.25, 0.3) is 0 Å². The van der Waals surface area contributed by atoms with Crippen LogP contribution in [0.15, 0.2) is 0 Å². The van der Waals surface area contributed by atoms with Crippen molar-refractivity contribution in [1.82, 2.24) is 10.9 Å². The van der Waals surface area contributed by atoms with Crippen molar-refractivity contribution in [2.24, 2.45) is 11.3 Å². The lowest BCUT2D eigenvalue weighted by atomic mass is 9.84. The summed E-state index contributed by atoms with van der Waals surface area (Å²) in [4.78, 5) is 11.8. The smallest absolute Gasteiger partial charge is 0.324 e. The molecule has 4 heteroatoms. The first-order valence-corrected chi connectivity index (χ1v) is 6.24. The number of ether oxygens (including phenoxy) is 1. The molecule has 0 aromatic carbocycles. The topological polar surface area (TPSA) is 50.4 Å². The van der Waals surface area contributed by atoms with Gasteiger partial charge in [0.25, 0.3) is 0 Å². The highest BCUT2D eigenvalue weighted by molar-refractivity contribution is 5.76. The Hall–Kier alpha value is -0.610. The van der Waals surface area contributed by atoms with Crippen molar-refractivity contribution in [2.45, 2.75) is 52.1 Å². The van der Waals surface area contributed by atoms with Crippen molar-refractivity contribution in [1.29, 1.82) is 0 Å². The van der Waals surface area contributed by atoms with Crippen LogP contribution in [0, 0.1) is 11.3 Å². The third-order valence-corrected chi connectivity index (χ3v) is 3.92. The van der Waals surface area contributed by atoms with E-state index < -0.39 is 0 Å². The molecule has 92 valence electrons. The Morgan fingerprint density at radius 2 is 2.19 bits per heavy atom. The van der Waals surface area contributed by atoms with Crippen LogP contribution in [0.4, 0.5) is 0 Å². The normalized spacial score (nSPS) is 36.1. The zero-order chi connectivity index (χ0) is 11.8. The molecule has 2 rings (SSSR count). The Labute approximate surface area is 97.1 Å². The summed E-state index contributed by atoms with van der Waals surface area (Å²) >= 11 is 0. The fraction of sp³-hybridized carbons (Fsp3) is 0.917. The third kappa shape index (κ3) is 1.96. The number of hydrogen-bond donors (Lipinski definition) is 2. The minimum absolute atomic E-state index is 0.0976. The second kappa shape index (κ2) is 4.34. The molecule has 0 spiro atoms. The Kier molecular flexibility index (Phi) is 3.22. The second-order valence-corrected chi connectivity index (χ2v) is 5.60. The van der Waals surface area contributed by atoms with E-state index in [4.69, 9.17) is 4.74 Å². The van der Waals surface area contributed by atoms with Gasteiger partial charge in [0, 0.05) is 12.0 Å². The highest BCUT2D eigenvalue weighted by Crippen LogP contribution is 2.44. The van der Waals surface area contributed by atoms with Crippen molar-refractivity contribution in [3.05, 3.63) is 0 Å². The molecule has 1 saturated carbocycles. The zero-order valence-electron chi connectivity index (χ0n) is 10.4. The molecule has 1 heterocycles. The van der Waals surface area contributed by atoms with Gasteiger partial charge in [-0.25, -0.2) is 5.43 Å². The molecule has 2 fully saturated rings. The van der Waals surface area contributed by atoms with Crippen molar-refractivity contribution in [3.63, 3.8) is 0 Å². The number of nitrogens with one attached hydrogen (secondary N) is 2. The van der Waals surface area contributed by atoms with Gasteiger partial charge < -0.3 is 4.74 Å². The summed E-state index contributed by atoms with van der Waals surface area (Å²) in [5.74, 6) is 0.291. The van der Waals surface area contributed by atoms with Crippen molar-refractivity contribution < 1.29 is 9.53 Å². The molecular weight excluding hydrogens is 204 g/mol. The Morgan fingerprint density at radius 1 is 1.44 bits per heavy atom. The fourth-order valence-electron chi connectivity index (χ4n) is 2.91. The largest absolute Gasteiger partial charge is 0.464 e. The maximum Gasteiger partial charge on any atom is 0.324 e. The summed E-state index contributed by atoms with van der Waals surface area (Å²) < 4.78 is 5.21. The molecule has 3 unspecified atom stereocenters. The lowest BCUT2D eigenvalue weighted by Gasteiger charge is -2.25. The Morgan fingerprint density at radius 3 is 2.88 bits per heavy atom. The van der Waals surface area contributed by atoms with E-state index in [1.807, 2.05) is 6.92 Å². The van der Waals surface area contributed by atoms with E-state index in [0.717, 1.165) is 12.8 Å². The summed E-state index contributed by atoms with van der Waals surface area (Å²) in [5.41, 5.74) is 6.64. The fourth-order valence-corrected chi connectivity index (χ4v) is 2.91. The maximum absolute atomic E-state index is 11.8. The molecular formula is C12H22N2O2. The highest BCUT2D eigenvalue weighted by atomic mass is 16.5. The van der Waals surface area contributed by atoms with Gasteiger partial charge in [0.05, 0.1) is 6.61 Å². The standard InChI is InChI=1S/C12H22N2O2/c1-4-7-16-11(15)9-8-5-6-12(2,3)10(8)14-13-9/h8-10,13-14H,4-7H2,1-3H3. The highest BCUT2D eigenvalue weighted by Gasteiger charge is 2.51. The van der Waals surface area contributed by atoms with Crippen molar-refractivity contribution >= 4 is 5.97 Å². The molecule has 1 aliphatic carbocycles. The van der Waals surface area contributed by atoms with E-state index in [1.54, 1.807) is 0 Å². The zero-order valence-corrected chi connectivity index (χ0v) is 10.4. The summed E-state index contributed by atoms with van der Waals surface area (Å²) in [6.45, 7) is 7.05. The van der Waals surface area contributed by atoms with Gasteiger partial charge in [-0.15, -0.1) is 0 Å². The number of hydrazine groups is 1. The number of carbonyl (C=O) groups is 1. The van der Waals surface area contributed by atoms with Crippen molar-refractivity contribution in [3.8, 4) is 0 Å². The van der Waals surface area contributed by atoms with Gasteiger partial charge in [0.15, 0.2) is 0 Å². The lowest BCUT2D eigenvalue weighted by molar-refractivity contribution is -0.146. The van der Waals surface area contributed by atoms with Crippen LogP contribution in [0.5, 0.6) is 0 Å². The number of esters is 1. The minimum Gasteiger partial charge on any atom is -0.464 e. The van der Waals surface area contributed by atoms with E-state index in [2.05, 4.69) is 24.7 Å². The minimum atomic E-state index is -0.154. The molecule has 0 amide bonds. The molecule has 2 aliphatic rings. The lowest BCUT2D eigenvalue weighted by Crippen LogP contribution is -2.42. The van der Waals surface area contributed by atoms with Crippen LogP contribution < -0.4 is 10.9 Å². The first kappa shape index (κ1) is 11.9. The Balaban J connectivity index is 1.97. The average molecular weight is 226 g/mol. The second-order valence-electron chi connectivity index (χ2n) is 5.60. The maximum atomic E-state index is 11.8. The Bertz CT molecular complexity index is 278. The van der Waals surface area contributed by atoms with Gasteiger partial charge in [-0.05, 0) is 24.7 Å². The number of rotatable bonds is 3. The number of hydrogen-bond acceptors (Lipinski definition) is 4. The van der Waals surface area contributed by atoms with Crippen LogP contribution in [-0.4, -0.2) is 24.7 Å². The molecule has 0 radical (unpaired) electrons. The van der Waals surface area contributed by atoms with Gasteiger partial charge >= 0.3 is 5.97 Å². The molecule has 4 nitrogen and oxygen atoms in total. The molecule has 3 atom stereocenters. The van der Waals surface area contributed by atoms with Gasteiger partial charge in [-0.3, -0.25) is 10.2 Å². The SMILES string of the molecule is CCCOC(=O)C1NNC2C1CCC2(C)C. The van der Waals surface area contributed by atoms with Gasteiger partial charge in [-0.1, -0.05) is 20.8 Å². The van der Waals surface area contributed by atoms with E-state index in [-0.39, 0.29) is 17.4 Å². The quantitative estimate of drug-likeness (QED) is 0.710. The molecule has 16 heavy (non-hydrogen) atoms. The molecule has 0 aromatic heterocycles. The molecule has 1 aliphatic heterocycles. The van der Waals surface area contributed by atoms with Crippen molar-refractivity contribution in [2.75, 3.05) is 6.61 Å². The number of carbonyl (C=O) groups excluding carboxylic acids is 1. The van der Waals surface area contributed by atoms with Crippen LogP contribution >= 0.6 is 0 Å². The van der Waals surface area contributed by atoms with E-state index in [1.165, 1.54) is 6.42 Å². The predicted molar refractivity (Wildman–Crippen MR) is 61.6 cm³/mol. The van der Waals surface area contributed by atoms with Crippen LogP contribution in [-0.2, 0) is 9.53 Å². The summed E-state index contributed by atoms with van der Waals surface area (Å²) in [6, 6.07) is 0.241. The summed E-state index contributed by atoms with van der Waals surface area (Å²) in [5, 5.41) is 0. The van der Waals surface area contributed by atoms with E-state index in [0.29, 0.717) is 18.6 Å². The predicted octanol–water partition coefficient (Wildman–Crippen LogP) is 1.22. The van der Waals surface area contributed by atoms with E-state index in [9.17, 15) is 4.79 Å². The molecule has 0 aromatic rings. The van der Waals surface area contributed by atoms with Gasteiger partial charge in [0.1, 0.15) is 6.04 Å². The van der Waals surface area contributed by atoms with Gasteiger partial charge in [0.2, 0.25) is 0 Å². The average Bonchev–Trinajstić information content (AvgIpc) is 2.77. The number of fused-ring (bicyclic) bond motifs is 1. The first-order valence-electron chi connectivity index (χ1n) is 6.24. The van der Waals surface area contributed by atoms with Crippen LogP contribution in [0.1, 0.15) is 40.0 Å². The monoisotopic (exact) mass is 226 g/mol. The van der Waals surface area contributed by atoms with Crippen LogP contribution in [0.2, 0.25) is 0 Å². The summed E-state index contributed by atoms with van der Waals surface area (Å²) in [7, 11) is 0. The first-order chi connectivity index (χ1) is 7.56. The molecule has 0 bridgehead atoms. The third-order valence-electron chi connectivity index (χ3n) is 3.92.